The third-order valence-corrected chi connectivity index (χ3v) is 3.19. The number of anilines is 1. The standard InChI is InChI=1S/C12H13N3O5/c1-20-9-4-2-3-8(15(18)19)11(9)14-6-7(12(13)17)5-10(14)16/h2-4,7H,5-6H2,1H3,(H2,13,17). The SMILES string of the molecule is COc1cccc([N+](=O)[O-])c1N1CC(C(N)=O)CC1=O. The third kappa shape index (κ3) is 2.27. The fourth-order valence-electron chi connectivity index (χ4n) is 2.21. The van der Waals surface area contributed by atoms with E-state index in [4.69, 9.17) is 10.5 Å². The van der Waals surface area contributed by atoms with Gasteiger partial charge in [0.15, 0.2) is 5.69 Å². The van der Waals surface area contributed by atoms with Crippen LogP contribution in [0, 0.1) is 16.0 Å². The molecule has 2 N–H and O–H groups in total. The van der Waals surface area contributed by atoms with Crippen LogP contribution < -0.4 is 15.4 Å². The van der Waals surface area contributed by atoms with Crippen LogP contribution in [0.15, 0.2) is 18.2 Å². The number of benzene rings is 1. The molecule has 1 aromatic carbocycles. The topological polar surface area (TPSA) is 116 Å². The summed E-state index contributed by atoms with van der Waals surface area (Å²) in [7, 11) is 1.36. The van der Waals surface area contributed by atoms with E-state index in [1.165, 1.54) is 30.2 Å². The second-order valence-electron chi connectivity index (χ2n) is 4.39. The van der Waals surface area contributed by atoms with Crippen molar-refractivity contribution in [1.82, 2.24) is 0 Å². The van der Waals surface area contributed by atoms with Crippen LogP contribution in [0.3, 0.4) is 0 Å². The van der Waals surface area contributed by atoms with Gasteiger partial charge in [0, 0.05) is 19.0 Å². The van der Waals surface area contributed by atoms with E-state index in [0.717, 1.165) is 0 Å². The van der Waals surface area contributed by atoms with Gasteiger partial charge in [-0.1, -0.05) is 6.07 Å². The number of nitrogens with two attached hydrogens (primary N) is 1. The maximum Gasteiger partial charge on any atom is 0.296 e. The molecule has 1 fully saturated rings. The molecule has 2 rings (SSSR count). The van der Waals surface area contributed by atoms with Gasteiger partial charge < -0.3 is 15.4 Å². The molecule has 20 heavy (non-hydrogen) atoms. The minimum Gasteiger partial charge on any atom is -0.494 e. The van der Waals surface area contributed by atoms with Gasteiger partial charge in [0.25, 0.3) is 5.69 Å². The number of carbonyl (C=O) groups is 2. The monoisotopic (exact) mass is 279 g/mol. The Hall–Kier alpha value is -2.64. The molecule has 0 bridgehead atoms. The first kappa shape index (κ1) is 13.8. The Morgan fingerprint density at radius 1 is 1.55 bits per heavy atom. The number of methoxy groups -OCH3 is 1. The number of rotatable bonds is 4. The molecule has 1 heterocycles. The zero-order valence-corrected chi connectivity index (χ0v) is 10.7. The molecule has 1 aliphatic rings. The third-order valence-electron chi connectivity index (χ3n) is 3.19. The molecule has 8 heteroatoms. The number of nitro groups is 1. The van der Waals surface area contributed by atoms with Gasteiger partial charge in [0.1, 0.15) is 5.75 Å². The highest BCUT2D eigenvalue weighted by molar-refractivity contribution is 6.02. The Kier molecular flexibility index (Phi) is 3.55. The molecule has 1 unspecified atom stereocenters. The zero-order valence-electron chi connectivity index (χ0n) is 10.7. The zero-order chi connectivity index (χ0) is 14.9. The molecule has 1 aliphatic heterocycles. The van der Waals surface area contributed by atoms with Gasteiger partial charge in [0.05, 0.1) is 18.0 Å². The molecule has 0 aromatic heterocycles. The number of para-hydroxylation sites is 1. The van der Waals surface area contributed by atoms with Crippen molar-refractivity contribution in [3.05, 3.63) is 28.3 Å². The lowest BCUT2D eigenvalue weighted by molar-refractivity contribution is -0.384. The van der Waals surface area contributed by atoms with Gasteiger partial charge in [0.2, 0.25) is 11.8 Å². The molecule has 8 nitrogen and oxygen atoms in total. The second kappa shape index (κ2) is 5.16. The normalized spacial score (nSPS) is 18.1. The van der Waals surface area contributed by atoms with Crippen LogP contribution in [0.4, 0.5) is 11.4 Å². The summed E-state index contributed by atoms with van der Waals surface area (Å²) >= 11 is 0. The van der Waals surface area contributed by atoms with Crippen LogP contribution >= 0.6 is 0 Å². The summed E-state index contributed by atoms with van der Waals surface area (Å²) in [6.07, 6.45) is -0.0511. The van der Waals surface area contributed by atoms with E-state index in [9.17, 15) is 19.7 Å². The lowest BCUT2D eigenvalue weighted by Gasteiger charge is -2.18. The maximum absolute atomic E-state index is 12.0. The molecular weight excluding hydrogens is 266 g/mol. The summed E-state index contributed by atoms with van der Waals surface area (Å²) in [6.45, 7) is 0.0232. The van der Waals surface area contributed by atoms with E-state index in [1.54, 1.807) is 0 Å². The van der Waals surface area contributed by atoms with Crippen LogP contribution in [0.1, 0.15) is 6.42 Å². The largest absolute Gasteiger partial charge is 0.494 e. The summed E-state index contributed by atoms with van der Waals surface area (Å²) in [5.41, 5.74) is 5.00. The molecule has 106 valence electrons. The van der Waals surface area contributed by atoms with Crippen molar-refractivity contribution in [3.8, 4) is 5.75 Å². The van der Waals surface area contributed by atoms with Crippen LogP contribution in [0.2, 0.25) is 0 Å². The number of nitro benzene ring substituents is 1. The van der Waals surface area contributed by atoms with Crippen LogP contribution in [0.5, 0.6) is 5.75 Å². The number of nitrogens with zero attached hydrogens (tertiary/aromatic N) is 2. The lowest BCUT2D eigenvalue weighted by atomic mass is 10.1. The Labute approximate surface area is 114 Å². The van der Waals surface area contributed by atoms with E-state index in [2.05, 4.69) is 0 Å². The minimum atomic E-state index is -0.646. The minimum absolute atomic E-state index is 0.0232. The Morgan fingerprint density at radius 3 is 2.75 bits per heavy atom. The van der Waals surface area contributed by atoms with Crippen LogP contribution in [0.25, 0.3) is 0 Å². The van der Waals surface area contributed by atoms with E-state index in [1.807, 2.05) is 0 Å². The fourth-order valence-corrected chi connectivity index (χ4v) is 2.21. The number of ether oxygens (including phenoxy) is 1. The van der Waals surface area contributed by atoms with Gasteiger partial charge >= 0.3 is 0 Å². The van der Waals surface area contributed by atoms with E-state index >= 15 is 0 Å². The number of hydrogen-bond donors (Lipinski definition) is 1. The number of hydrogen-bond acceptors (Lipinski definition) is 5. The van der Waals surface area contributed by atoms with Gasteiger partial charge in [-0.25, -0.2) is 0 Å². The molecular formula is C12H13N3O5. The number of amides is 2. The Bertz CT molecular complexity index is 586. The highest BCUT2D eigenvalue weighted by atomic mass is 16.6. The second-order valence-corrected chi connectivity index (χ2v) is 4.39. The van der Waals surface area contributed by atoms with Crippen LogP contribution in [-0.4, -0.2) is 30.4 Å². The van der Waals surface area contributed by atoms with Crippen molar-refractivity contribution < 1.29 is 19.2 Å². The highest BCUT2D eigenvalue weighted by Crippen LogP contribution is 2.40. The van der Waals surface area contributed by atoms with Gasteiger partial charge in [-0.15, -0.1) is 0 Å². The summed E-state index contributed by atoms with van der Waals surface area (Å²) in [4.78, 5) is 34.8. The van der Waals surface area contributed by atoms with E-state index in [-0.39, 0.29) is 36.0 Å². The molecule has 2 amide bonds. The highest BCUT2D eigenvalue weighted by Gasteiger charge is 2.38. The van der Waals surface area contributed by atoms with Crippen molar-refractivity contribution in [2.24, 2.45) is 11.7 Å². The molecule has 1 atom stereocenters. The summed E-state index contributed by atoms with van der Waals surface area (Å²) in [5.74, 6) is -1.43. The van der Waals surface area contributed by atoms with E-state index < -0.39 is 16.7 Å². The quantitative estimate of drug-likeness (QED) is 0.634. The first-order chi connectivity index (χ1) is 9.45. The lowest BCUT2D eigenvalue weighted by Crippen LogP contribution is -2.29. The van der Waals surface area contributed by atoms with Crippen molar-refractivity contribution >= 4 is 23.2 Å². The number of carbonyl (C=O) groups excluding carboxylic acids is 2. The molecule has 0 aliphatic carbocycles. The van der Waals surface area contributed by atoms with Crippen molar-refractivity contribution in [1.29, 1.82) is 0 Å². The summed E-state index contributed by atoms with van der Waals surface area (Å²) in [5, 5.41) is 11.1. The maximum atomic E-state index is 12.0. The number of primary amides is 1. The Balaban J connectivity index is 2.49. The predicted molar refractivity (Wildman–Crippen MR) is 69.3 cm³/mol. The predicted octanol–water partition coefficient (Wildman–Crippen LogP) is 0.442. The molecule has 1 saturated heterocycles. The average Bonchev–Trinajstić information content (AvgIpc) is 2.79. The fraction of sp³-hybridized carbons (Fsp3) is 0.333. The van der Waals surface area contributed by atoms with Gasteiger partial charge in [-0.05, 0) is 6.07 Å². The van der Waals surface area contributed by atoms with Crippen LogP contribution in [-0.2, 0) is 9.59 Å². The first-order valence-electron chi connectivity index (χ1n) is 5.86. The van der Waals surface area contributed by atoms with Gasteiger partial charge in [-0.2, -0.15) is 0 Å². The van der Waals surface area contributed by atoms with E-state index in [0.29, 0.717) is 0 Å². The molecule has 1 aromatic rings. The summed E-state index contributed by atoms with van der Waals surface area (Å²) in [6, 6.07) is 4.27. The smallest absolute Gasteiger partial charge is 0.296 e. The van der Waals surface area contributed by atoms with Crippen molar-refractivity contribution in [2.45, 2.75) is 6.42 Å². The Morgan fingerprint density at radius 2 is 2.25 bits per heavy atom. The summed E-state index contributed by atoms with van der Waals surface area (Å²) < 4.78 is 5.08. The van der Waals surface area contributed by atoms with Gasteiger partial charge in [-0.3, -0.25) is 19.7 Å². The molecule has 0 radical (unpaired) electrons. The van der Waals surface area contributed by atoms with Crippen molar-refractivity contribution in [2.75, 3.05) is 18.6 Å². The molecule has 0 spiro atoms. The molecule has 0 saturated carbocycles. The average molecular weight is 279 g/mol. The first-order valence-corrected chi connectivity index (χ1v) is 5.86. The van der Waals surface area contributed by atoms with Crippen molar-refractivity contribution in [3.63, 3.8) is 0 Å².